The van der Waals surface area contributed by atoms with Crippen molar-refractivity contribution in [1.82, 2.24) is 15.5 Å². The van der Waals surface area contributed by atoms with Gasteiger partial charge in [0.1, 0.15) is 5.82 Å². The first-order valence-corrected chi connectivity index (χ1v) is 6.17. The number of amides is 1. The highest BCUT2D eigenvalue weighted by Gasteiger charge is 2.33. The lowest BCUT2D eigenvalue weighted by Gasteiger charge is -2.17. The Hall–Kier alpha value is -2.18. The zero-order valence-corrected chi connectivity index (χ0v) is 10.6. The van der Waals surface area contributed by atoms with Crippen molar-refractivity contribution in [2.24, 2.45) is 5.92 Å². The Kier molecular flexibility index (Phi) is 3.94. The topological polar surface area (TPSA) is 104 Å². The van der Waals surface area contributed by atoms with Gasteiger partial charge in [0.05, 0.1) is 5.92 Å². The zero-order valence-electron chi connectivity index (χ0n) is 10.6. The van der Waals surface area contributed by atoms with Gasteiger partial charge in [-0.1, -0.05) is 6.42 Å². The zero-order chi connectivity index (χ0) is 13.8. The maximum absolute atomic E-state index is 11.3. The number of anilines is 1. The Morgan fingerprint density at radius 2 is 2.11 bits per heavy atom. The second-order valence-corrected chi connectivity index (χ2v) is 4.51. The molecule has 0 bridgehead atoms. The smallest absolute Gasteiger partial charge is 0.308 e. The van der Waals surface area contributed by atoms with Gasteiger partial charge in [-0.15, -0.1) is 10.2 Å². The maximum Gasteiger partial charge on any atom is 0.308 e. The number of carboxylic acids is 1. The van der Waals surface area contributed by atoms with Gasteiger partial charge in [-0.05, 0) is 25.0 Å². The third-order valence-corrected chi connectivity index (χ3v) is 3.29. The molecule has 7 nitrogen and oxygen atoms in total. The number of aliphatic carboxylic acids is 1. The average Bonchev–Trinajstić information content (AvgIpc) is 2.87. The van der Waals surface area contributed by atoms with Gasteiger partial charge in [0, 0.05) is 13.1 Å². The fraction of sp³-hybridized carbons (Fsp3) is 0.500. The van der Waals surface area contributed by atoms with Crippen LogP contribution in [-0.2, 0) is 4.79 Å². The Balaban J connectivity index is 2.03. The molecular weight excluding hydrogens is 248 g/mol. The Labute approximate surface area is 110 Å². The minimum atomic E-state index is -0.787. The lowest BCUT2D eigenvalue weighted by molar-refractivity contribution is -0.141. The molecule has 1 aliphatic carbocycles. The molecule has 1 heterocycles. The SMILES string of the molecule is CNC(=O)c1ccc(NC2CCCC2C(=O)O)nn1. The highest BCUT2D eigenvalue weighted by Crippen LogP contribution is 2.28. The van der Waals surface area contributed by atoms with E-state index in [1.54, 1.807) is 12.1 Å². The van der Waals surface area contributed by atoms with Crippen LogP contribution in [0.15, 0.2) is 12.1 Å². The number of nitrogens with one attached hydrogen (secondary N) is 2. The van der Waals surface area contributed by atoms with Crippen molar-refractivity contribution < 1.29 is 14.7 Å². The minimum absolute atomic E-state index is 0.127. The van der Waals surface area contributed by atoms with Crippen molar-refractivity contribution in [3.05, 3.63) is 17.8 Å². The van der Waals surface area contributed by atoms with E-state index >= 15 is 0 Å². The molecule has 1 aromatic heterocycles. The van der Waals surface area contributed by atoms with Crippen molar-refractivity contribution in [2.75, 3.05) is 12.4 Å². The highest BCUT2D eigenvalue weighted by atomic mass is 16.4. The quantitative estimate of drug-likeness (QED) is 0.731. The molecular formula is C12H16N4O3. The van der Waals surface area contributed by atoms with Crippen LogP contribution in [0, 0.1) is 5.92 Å². The molecule has 19 heavy (non-hydrogen) atoms. The summed E-state index contributed by atoms with van der Waals surface area (Å²) in [5.41, 5.74) is 0.231. The summed E-state index contributed by atoms with van der Waals surface area (Å²) in [5, 5.41) is 22.3. The van der Waals surface area contributed by atoms with E-state index in [-0.39, 0.29) is 23.6 Å². The summed E-state index contributed by atoms with van der Waals surface area (Å²) in [4.78, 5) is 22.4. The van der Waals surface area contributed by atoms with Crippen molar-refractivity contribution >= 4 is 17.7 Å². The molecule has 0 aromatic carbocycles. The number of aromatic nitrogens is 2. The van der Waals surface area contributed by atoms with Crippen LogP contribution in [0.3, 0.4) is 0 Å². The molecule has 1 aliphatic rings. The van der Waals surface area contributed by atoms with E-state index in [0.29, 0.717) is 12.2 Å². The minimum Gasteiger partial charge on any atom is -0.481 e. The molecule has 0 saturated heterocycles. The summed E-state index contributed by atoms with van der Waals surface area (Å²) in [6, 6.07) is 3.06. The van der Waals surface area contributed by atoms with E-state index in [1.807, 2.05) is 0 Å². The van der Waals surface area contributed by atoms with E-state index in [0.717, 1.165) is 12.8 Å². The van der Waals surface area contributed by atoms with Crippen LogP contribution in [-0.4, -0.2) is 40.3 Å². The molecule has 0 spiro atoms. The van der Waals surface area contributed by atoms with Gasteiger partial charge in [-0.25, -0.2) is 0 Å². The number of carbonyl (C=O) groups is 2. The highest BCUT2D eigenvalue weighted by molar-refractivity contribution is 5.91. The molecule has 2 atom stereocenters. The molecule has 0 aliphatic heterocycles. The maximum atomic E-state index is 11.3. The van der Waals surface area contributed by atoms with E-state index < -0.39 is 5.97 Å². The van der Waals surface area contributed by atoms with E-state index in [1.165, 1.54) is 7.05 Å². The second kappa shape index (κ2) is 5.64. The molecule has 1 fully saturated rings. The van der Waals surface area contributed by atoms with Gasteiger partial charge in [-0.3, -0.25) is 9.59 Å². The molecule has 0 radical (unpaired) electrons. The summed E-state index contributed by atoms with van der Waals surface area (Å²) in [7, 11) is 1.52. The fourth-order valence-electron chi connectivity index (χ4n) is 2.28. The number of carbonyl (C=O) groups excluding carboxylic acids is 1. The largest absolute Gasteiger partial charge is 0.481 e. The van der Waals surface area contributed by atoms with E-state index in [2.05, 4.69) is 20.8 Å². The molecule has 2 unspecified atom stereocenters. The van der Waals surface area contributed by atoms with Gasteiger partial charge in [-0.2, -0.15) is 0 Å². The third kappa shape index (κ3) is 2.98. The fourth-order valence-corrected chi connectivity index (χ4v) is 2.28. The predicted octanol–water partition coefficient (Wildman–Crippen LogP) is 0.501. The van der Waals surface area contributed by atoms with Gasteiger partial charge in [0.2, 0.25) is 0 Å². The normalized spacial score (nSPS) is 21.9. The monoisotopic (exact) mass is 264 g/mol. The van der Waals surface area contributed by atoms with Gasteiger partial charge in [0.15, 0.2) is 5.69 Å². The van der Waals surface area contributed by atoms with Crippen molar-refractivity contribution in [3.8, 4) is 0 Å². The van der Waals surface area contributed by atoms with Gasteiger partial charge < -0.3 is 15.7 Å². The van der Waals surface area contributed by atoms with Gasteiger partial charge in [0.25, 0.3) is 5.91 Å². The predicted molar refractivity (Wildman–Crippen MR) is 67.8 cm³/mol. The summed E-state index contributed by atoms with van der Waals surface area (Å²) in [5.74, 6) is -0.987. The molecule has 1 amide bonds. The number of rotatable bonds is 4. The summed E-state index contributed by atoms with van der Waals surface area (Å²) in [6.07, 6.45) is 2.37. The lowest BCUT2D eigenvalue weighted by Crippen LogP contribution is -2.30. The van der Waals surface area contributed by atoms with Crippen molar-refractivity contribution in [2.45, 2.75) is 25.3 Å². The van der Waals surface area contributed by atoms with E-state index in [4.69, 9.17) is 5.11 Å². The number of carboxylic acid groups (broad SMARTS) is 1. The molecule has 7 heteroatoms. The van der Waals surface area contributed by atoms with Crippen LogP contribution < -0.4 is 10.6 Å². The van der Waals surface area contributed by atoms with Gasteiger partial charge >= 0.3 is 5.97 Å². The van der Waals surface area contributed by atoms with Crippen molar-refractivity contribution in [3.63, 3.8) is 0 Å². The number of nitrogens with zero attached hydrogens (tertiary/aromatic N) is 2. The van der Waals surface area contributed by atoms with Crippen LogP contribution in [0.25, 0.3) is 0 Å². The van der Waals surface area contributed by atoms with Crippen molar-refractivity contribution in [1.29, 1.82) is 0 Å². The van der Waals surface area contributed by atoms with Crippen LogP contribution >= 0.6 is 0 Å². The average molecular weight is 264 g/mol. The summed E-state index contributed by atoms with van der Waals surface area (Å²) >= 11 is 0. The first-order chi connectivity index (χ1) is 9.11. The molecule has 102 valence electrons. The number of hydrogen-bond donors (Lipinski definition) is 3. The molecule has 2 rings (SSSR count). The van der Waals surface area contributed by atoms with Crippen LogP contribution in [0.2, 0.25) is 0 Å². The Bertz CT molecular complexity index is 474. The number of hydrogen-bond acceptors (Lipinski definition) is 5. The molecule has 1 saturated carbocycles. The summed E-state index contributed by atoms with van der Waals surface area (Å²) < 4.78 is 0. The standard InChI is InChI=1S/C12H16N4O3/c1-13-11(17)9-5-6-10(16-15-9)14-8-4-2-3-7(8)12(18)19/h5-8H,2-4H2,1H3,(H,13,17)(H,14,16)(H,18,19). The van der Waals surface area contributed by atoms with Crippen LogP contribution in [0.4, 0.5) is 5.82 Å². The first kappa shape index (κ1) is 13.3. The summed E-state index contributed by atoms with van der Waals surface area (Å²) in [6.45, 7) is 0. The molecule has 1 aromatic rings. The van der Waals surface area contributed by atoms with Crippen LogP contribution in [0.1, 0.15) is 29.8 Å². The van der Waals surface area contributed by atoms with Crippen LogP contribution in [0.5, 0.6) is 0 Å². The first-order valence-electron chi connectivity index (χ1n) is 6.17. The Morgan fingerprint density at radius 3 is 2.68 bits per heavy atom. The lowest BCUT2D eigenvalue weighted by atomic mass is 10.0. The second-order valence-electron chi connectivity index (χ2n) is 4.51. The third-order valence-electron chi connectivity index (χ3n) is 3.29. The molecule has 3 N–H and O–H groups in total. The Morgan fingerprint density at radius 1 is 1.32 bits per heavy atom. The van der Waals surface area contributed by atoms with E-state index in [9.17, 15) is 9.59 Å².